The first-order chi connectivity index (χ1) is 12.3. The van der Waals surface area contributed by atoms with E-state index in [1.165, 1.54) is 30.3 Å². The number of nitrogens with one attached hydrogen (secondary N) is 2. The van der Waals surface area contributed by atoms with Crippen molar-refractivity contribution < 1.29 is 17.9 Å². The summed E-state index contributed by atoms with van der Waals surface area (Å²) >= 11 is 6.00. The van der Waals surface area contributed by atoms with E-state index in [0.29, 0.717) is 16.5 Å². The van der Waals surface area contributed by atoms with Gasteiger partial charge in [-0.3, -0.25) is 4.79 Å². The molecule has 26 heavy (non-hydrogen) atoms. The molecule has 0 radical (unpaired) electrons. The quantitative estimate of drug-likeness (QED) is 0.673. The lowest BCUT2D eigenvalue weighted by atomic mass is 10.3. The van der Waals surface area contributed by atoms with Crippen LogP contribution in [0.3, 0.4) is 0 Å². The van der Waals surface area contributed by atoms with Crippen molar-refractivity contribution in [3.8, 4) is 5.75 Å². The van der Waals surface area contributed by atoms with Crippen LogP contribution in [0.2, 0.25) is 5.02 Å². The first kappa shape index (κ1) is 20.0. The third-order valence-electron chi connectivity index (χ3n) is 3.36. The SMILES string of the molecule is C=CCNS(=O)(=O)c1ccc(NC(=O)C(C)Oc2ccccc2Cl)cc1. The number of sulfonamides is 1. The molecule has 0 aromatic heterocycles. The van der Waals surface area contributed by atoms with Gasteiger partial charge in [-0.25, -0.2) is 13.1 Å². The smallest absolute Gasteiger partial charge is 0.265 e. The summed E-state index contributed by atoms with van der Waals surface area (Å²) in [6, 6.07) is 12.7. The maximum Gasteiger partial charge on any atom is 0.265 e. The van der Waals surface area contributed by atoms with Crippen LogP contribution in [0.1, 0.15) is 6.92 Å². The summed E-state index contributed by atoms with van der Waals surface area (Å²) in [7, 11) is -3.60. The van der Waals surface area contributed by atoms with Crippen LogP contribution in [-0.4, -0.2) is 27.0 Å². The first-order valence-corrected chi connectivity index (χ1v) is 9.62. The Labute approximate surface area is 157 Å². The number of rotatable bonds is 8. The highest BCUT2D eigenvalue weighted by molar-refractivity contribution is 7.89. The molecule has 1 amide bonds. The second kappa shape index (κ2) is 8.84. The van der Waals surface area contributed by atoms with Gasteiger partial charge in [0.05, 0.1) is 9.92 Å². The second-order valence-corrected chi connectivity index (χ2v) is 7.52. The minimum absolute atomic E-state index is 0.0951. The van der Waals surface area contributed by atoms with Crippen LogP contribution in [-0.2, 0) is 14.8 Å². The molecule has 2 rings (SSSR count). The summed E-state index contributed by atoms with van der Waals surface area (Å²) in [5, 5.41) is 3.08. The number of hydrogen-bond donors (Lipinski definition) is 2. The molecule has 0 aliphatic heterocycles. The van der Waals surface area contributed by atoms with Gasteiger partial charge in [-0.2, -0.15) is 0 Å². The molecule has 0 spiro atoms. The van der Waals surface area contributed by atoms with Crippen molar-refractivity contribution in [3.63, 3.8) is 0 Å². The summed E-state index contributed by atoms with van der Waals surface area (Å²) in [6.07, 6.45) is 0.666. The largest absolute Gasteiger partial charge is 0.479 e. The van der Waals surface area contributed by atoms with Crippen molar-refractivity contribution in [1.29, 1.82) is 0 Å². The summed E-state index contributed by atoms with van der Waals surface area (Å²) in [6.45, 7) is 5.19. The predicted molar refractivity (Wildman–Crippen MR) is 102 cm³/mol. The molecular weight excluding hydrogens is 376 g/mol. The number of halogens is 1. The molecule has 0 heterocycles. The molecule has 2 aromatic rings. The zero-order valence-corrected chi connectivity index (χ0v) is 15.7. The van der Waals surface area contributed by atoms with Crippen molar-refractivity contribution in [1.82, 2.24) is 4.72 Å². The lowest BCUT2D eigenvalue weighted by Crippen LogP contribution is -2.30. The van der Waals surface area contributed by atoms with Gasteiger partial charge < -0.3 is 10.1 Å². The molecule has 0 aliphatic rings. The second-order valence-electron chi connectivity index (χ2n) is 5.34. The van der Waals surface area contributed by atoms with E-state index in [-0.39, 0.29) is 17.3 Å². The van der Waals surface area contributed by atoms with Crippen LogP contribution in [0.4, 0.5) is 5.69 Å². The number of carbonyl (C=O) groups excluding carboxylic acids is 1. The first-order valence-electron chi connectivity index (χ1n) is 7.76. The monoisotopic (exact) mass is 394 g/mol. The molecule has 0 bridgehead atoms. The molecule has 0 aliphatic carbocycles. The number of anilines is 1. The van der Waals surface area contributed by atoms with Gasteiger partial charge >= 0.3 is 0 Å². The lowest BCUT2D eigenvalue weighted by Gasteiger charge is -2.15. The van der Waals surface area contributed by atoms with Gasteiger partial charge in [-0.05, 0) is 43.3 Å². The summed E-state index contributed by atoms with van der Waals surface area (Å²) in [5.41, 5.74) is 0.451. The molecular formula is C18H19ClN2O4S. The van der Waals surface area contributed by atoms with E-state index in [1.807, 2.05) is 0 Å². The maximum atomic E-state index is 12.2. The van der Waals surface area contributed by atoms with Gasteiger partial charge in [0.15, 0.2) is 6.10 Å². The van der Waals surface area contributed by atoms with Crippen LogP contribution < -0.4 is 14.8 Å². The Morgan fingerprint density at radius 2 is 1.88 bits per heavy atom. The topological polar surface area (TPSA) is 84.5 Å². The van der Waals surface area contributed by atoms with Crippen LogP contribution in [0.15, 0.2) is 66.1 Å². The number of ether oxygens (including phenoxy) is 1. The third-order valence-corrected chi connectivity index (χ3v) is 5.11. The Balaban J connectivity index is 2.01. The Hall–Kier alpha value is -2.35. The number of benzene rings is 2. The van der Waals surface area contributed by atoms with Crippen molar-refractivity contribution in [2.75, 3.05) is 11.9 Å². The minimum Gasteiger partial charge on any atom is -0.479 e. The fourth-order valence-corrected chi connectivity index (χ4v) is 3.18. The molecule has 138 valence electrons. The van der Waals surface area contributed by atoms with Gasteiger partial charge in [0.2, 0.25) is 10.0 Å². The highest BCUT2D eigenvalue weighted by Gasteiger charge is 2.17. The standard InChI is InChI=1S/C18H19ClN2O4S/c1-3-12-20-26(23,24)15-10-8-14(9-11-15)21-18(22)13(2)25-17-7-5-4-6-16(17)19/h3-11,13,20H,1,12H2,2H3,(H,21,22). The molecule has 1 atom stereocenters. The lowest BCUT2D eigenvalue weighted by molar-refractivity contribution is -0.122. The van der Waals surface area contributed by atoms with Crippen LogP contribution >= 0.6 is 11.6 Å². The zero-order chi connectivity index (χ0) is 19.2. The van der Waals surface area contributed by atoms with Crippen molar-refractivity contribution in [3.05, 3.63) is 66.2 Å². The highest BCUT2D eigenvalue weighted by atomic mass is 35.5. The van der Waals surface area contributed by atoms with Gasteiger partial charge in [0.1, 0.15) is 5.75 Å². The Bertz CT molecular complexity index is 882. The fraction of sp³-hybridized carbons (Fsp3) is 0.167. The Morgan fingerprint density at radius 1 is 1.23 bits per heavy atom. The van der Waals surface area contributed by atoms with Crippen LogP contribution in [0.5, 0.6) is 5.75 Å². The van der Waals surface area contributed by atoms with Gasteiger partial charge in [0.25, 0.3) is 5.91 Å². The van der Waals surface area contributed by atoms with Crippen molar-refractivity contribution in [2.45, 2.75) is 17.9 Å². The Kier molecular flexibility index (Phi) is 6.79. The Morgan fingerprint density at radius 3 is 2.50 bits per heavy atom. The van der Waals surface area contributed by atoms with E-state index in [2.05, 4.69) is 16.6 Å². The maximum absolute atomic E-state index is 12.2. The minimum atomic E-state index is -3.60. The average molecular weight is 395 g/mol. The predicted octanol–water partition coefficient (Wildman–Crippen LogP) is 3.21. The molecule has 8 heteroatoms. The van der Waals surface area contributed by atoms with Gasteiger partial charge in [-0.15, -0.1) is 6.58 Å². The van der Waals surface area contributed by atoms with E-state index < -0.39 is 16.1 Å². The molecule has 0 fully saturated rings. The van der Waals surface area contributed by atoms with E-state index in [1.54, 1.807) is 31.2 Å². The normalized spacial score (nSPS) is 12.2. The van der Waals surface area contributed by atoms with E-state index >= 15 is 0 Å². The molecule has 6 nitrogen and oxygen atoms in total. The summed E-state index contributed by atoms with van der Waals surface area (Å²) in [4.78, 5) is 12.3. The van der Waals surface area contributed by atoms with E-state index in [9.17, 15) is 13.2 Å². The van der Waals surface area contributed by atoms with E-state index in [0.717, 1.165) is 0 Å². The highest BCUT2D eigenvalue weighted by Crippen LogP contribution is 2.24. The van der Waals surface area contributed by atoms with Gasteiger partial charge in [-0.1, -0.05) is 29.8 Å². The molecule has 1 unspecified atom stereocenters. The molecule has 0 saturated heterocycles. The summed E-state index contributed by atoms with van der Waals surface area (Å²) in [5.74, 6) is 0.0249. The van der Waals surface area contributed by atoms with Crippen molar-refractivity contribution in [2.24, 2.45) is 0 Å². The van der Waals surface area contributed by atoms with Gasteiger partial charge in [0, 0.05) is 12.2 Å². The zero-order valence-electron chi connectivity index (χ0n) is 14.1. The number of hydrogen-bond acceptors (Lipinski definition) is 4. The van der Waals surface area contributed by atoms with Crippen LogP contribution in [0, 0.1) is 0 Å². The average Bonchev–Trinajstić information content (AvgIpc) is 2.62. The number of amides is 1. The summed E-state index contributed by atoms with van der Waals surface area (Å²) < 4.78 is 31.9. The van der Waals surface area contributed by atoms with Crippen molar-refractivity contribution >= 4 is 33.2 Å². The fourth-order valence-electron chi connectivity index (χ4n) is 2.00. The molecule has 2 N–H and O–H groups in total. The number of para-hydroxylation sites is 1. The molecule has 2 aromatic carbocycles. The van der Waals surface area contributed by atoms with Crippen LogP contribution in [0.25, 0.3) is 0 Å². The van der Waals surface area contributed by atoms with E-state index in [4.69, 9.17) is 16.3 Å². The molecule has 0 saturated carbocycles. The number of carbonyl (C=O) groups is 1. The third kappa shape index (κ3) is 5.32.